The number of fused-ring (bicyclic) bond motifs is 2. The van der Waals surface area contributed by atoms with Gasteiger partial charge in [-0.1, -0.05) is 11.6 Å². The molecule has 1 N–H and O–H groups in total. The molecule has 2 aliphatic heterocycles. The lowest BCUT2D eigenvalue weighted by Gasteiger charge is -2.38. The van der Waals surface area contributed by atoms with Crippen molar-refractivity contribution in [2.75, 3.05) is 13.1 Å². The summed E-state index contributed by atoms with van der Waals surface area (Å²) >= 11 is 6.57. The van der Waals surface area contributed by atoms with Gasteiger partial charge in [-0.2, -0.15) is 0 Å². The molecule has 1 aliphatic carbocycles. The van der Waals surface area contributed by atoms with Crippen LogP contribution < -0.4 is 15.0 Å². The number of carbonyl (C=O) groups is 1. The first-order chi connectivity index (χ1) is 19.1. The summed E-state index contributed by atoms with van der Waals surface area (Å²) in [4.78, 5) is 36.8. The van der Waals surface area contributed by atoms with Crippen molar-refractivity contribution in [1.29, 1.82) is 0 Å². The Morgan fingerprint density at radius 3 is 2.62 bits per heavy atom. The predicted octanol–water partition coefficient (Wildman–Crippen LogP) is 1.02. The molecule has 1 saturated heterocycles. The zero-order valence-corrected chi connectivity index (χ0v) is 22.8. The van der Waals surface area contributed by atoms with E-state index in [9.17, 15) is 14.7 Å². The average molecular weight is 562 g/mol. The van der Waals surface area contributed by atoms with Crippen molar-refractivity contribution >= 4 is 44.2 Å². The molecular weight excluding hydrogens is 535 g/mol. The summed E-state index contributed by atoms with van der Waals surface area (Å²) in [6.07, 6.45) is 5.61. The van der Waals surface area contributed by atoms with Gasteiger partial charge in [0.1, 0.15) is 11.5 Å². The summed E-state index contributed by atoms with van der Waals surface area (Å²) in [5.74, 6) is 2.15. The van der Waals surface area contributed by atoms with Crippen LogP contribution in [0.15, 0.2) is 46.0 Å². The number of hydrogen-bond acceptors (Lipinski definition) is 8. The standard InChI is InChI=1S/C26H26B2ClN5O6/c27-26(28)39-17-4-3-15(9-18(17)40-26)34-20(29)10-16-21(34)31-13-33(23(16)35)12-25(37)5-7-32(8-6-25)24(36)19-11-30-22(38-19)14-1-2-14/h3-4,9-11,13-14,37H,1-2,5-8,12,27-28H2. The largest absolute Gasteiger partial charge is 0.467 e. The Bertz CT molecular complexity index is 1720. The third-order valence-corrected chi connectivity index (χ3v) is 8.02. The molecule has 11 nitrogen and oxygen atoms in total. The molecule has 5 heterocycles. The van der Waals surface area contributed by atoms with E-state index in [1.54, 1.807) is 27.7 Å². The molecule has 204 valence electrons. The summed E-state index contributed by atoms with van der Waals surface area (Å²) < 4.78 is 20.4. The maximum Gasteiger partial charge on any atom is 0.291 e. The van der Waals surface area contributed by atoms with Gasteiger partial charge in [0.25, 0.3) is 11.5 Å². The van der Waals surface area contributed by atoms with E-state index < -0.39 is 11.2 Å². The van der Waals surface area contributed by atoms with Gasteiger partial charge in [0.05, 0.1) is 29.4 Å². The Hall–Kier alpha value is -3.70. The fourth-order valence-electron chi connectivity index (χ4n) is 5.46. The molecular formula is C26H26B2ClN5O6. The zero-order chi connectivity index (χ0) is 27.8. The van der Waals surface area contributed by atoms with Crippen LogP contribution in [0.2, 0.25) is 5.15 Å². The van der Waals surface area contributed by atoms with Crippen LogP contribution in [0, 0.1) is 0 Å². The van der Waals surface area contributed by atoms with Gasteiger partial charge in [0.2, 0.25) is 5.76 Å². The number of aromatic nitrogens is 4. The number of ether oxygens (including phenoxy) is 2. The highest BCUT2D eigenvalue weighted by atomic mass is 35.5. The quantitative estimate of drug-likeness (QED) is 0.358. The van der Waals surface area contributed by atoms with Crippen molar-refractivity contribution in [2.45, 2.75) is 49.3 Å². The minimum Gasteiger partial charge on any atom is -0.467 e. The van der Waals surface area contributed by atoms with Gasteiger partial charge in [-0.25, -0.2) is 9.97 Å². The lowest BCUT2D eigenvalue weighted by molar-refractivity contribution is -0.0304. The van der Waals surface area contributed by atoms with E-state index in [2.05, 4.69) is 9.97 Å². The van der Waals surface area contributed by atoms with Gasteiger partial charge in [-0.15, -0.1) is 0 Å². The first kappa shape index (κ1) is 25.3. The second-order valence-corrected chi connectivity index (χ2v) is 11.7. The fourth-order valence-corrected chi connectivity index (χ4v) is 5.74. The van der Waals surface area contributed by atoms with Crippen molar-refractivity contribution in [3.05, 3.63) is 63.9 Å². The maximum absolute atomic E-state index is 13.4. The van der Waals surface area contributed by atoms with Crippen LogP contribution in [0.4, 0.5) is 0 Å². The number of likely N-dealkylation sites (tertiary alicyclic amines) is 1. The second kappa shape index (κ2) is 8.90. The first-order valence-corrected chi connectivity index (χ1v) is 13.7. The van der Waals surface area contributed by atoms with Crippen LogP contribution in [-0.4, -0.2) is 75.0 Å². The molecule has 0 spiro atoms. The predicted molar refractivity (Wildman–Crippen MR) is 150 cm³/mol. The Morgan fingerprint density at radius 2 is 1.88 bits per heavy atom. The monoisotopic (exact) mass is 561 g/mol. The highest BCUT2D eigenvalue weighted by molar-refractivity contribution is 6.38. The van der Waals surface area contributed by atoms with Gasteiger partial charge in [0, 0.05) is 25.1 Å². The van der Waals surface area contributed by atoms with Crippen molar-refractivity contribution in [2.24, 2.45) is 0 Å². The van der Waals surface area contributed by atoms with E-state index in [0.717, 1.165) is 12.8 Å². The van der Waals surface area contributed by atoms with Crippen LogP contribution in [-0.2, 0) is 6.54 Å². The molecule has 4 aromatic rings. The van der Waals surface area contributed by atoms with Crippen LogP contribution in [0.1, 0.15) is 48.0 Å². The van der Waals surface area contributed by atoms with Gasteiger partial charge in [0.15, 0.2) is 44.3 Å². The van der Waals surface area contributed by atoms with Crippen molar-refractivity contribution < 1.29 is 23.8 Å². The van der Waals surface area contributed by atoms with Crippen LogP contribution in [0.5, 0.6) is 11.5 Å². The molecule has 7 rings (SSSR count). The van der Waals surface area contributed by atoms with Gasteiger partial charge < -0.3 is 23.9 Å². The van der Waals surface area contributed by atoms with E-state index >= 15 is 0 Å². The topological polar surface area (TPSA) is 125 Å². The molecule has 1 amide bonds. The Balaban J connectivity index is 1.09. The molecule has 14 heteroatoms. The Labute approximate surface area is 235 Å². The second-order valence-electron chi connectivity index (χ2n) is 11.3. The lowest BCUT2D eigenvalue weighted by Crippen LogP contribution is -2.49. The molecule has 0 bridgehead atoms. The molecule has 2 fully saturated rings. The number of halogens is 1. The summed E-state index contributed by atoms with van der Waals surface area (Å²) in [6, 6.07) is 7.00. The summed E-state index contributed by atoms with van der Waals surface area (Å²) in [5.41, 5.74) is -1.18. The summed E-state index contributed by atoms with van der Waals surface area (Å²) in [5, 5.41) is 12.0. The first-order valence-electron chi connectivity index (χ1n) is 13.4. The highest BCUT2D eigenvalue weighted by Gasteiger charge is 2.37. The molecule has 1 aromatic carbocycles. The third kappa shape index (κ3) is 4.37. The summed E-state index contributed by atoms with van der Waals surface area (Å²) in [6.45, 7) is 0.720. The normalized spacial score (nSPS) is 19.3. The summed E-state index contributed by atoms with van der Waals surface area (Å²) in [7, 11) is 3.65. The zero-order valence-electron chi connectivity index (χ0n) is 22.1. The van der Waals surface area contributed by atoms with Crippen LogP contribution in [0.3, 0.4) is 0 Å². The maximum atomic E-state index is 13.4. The number of benzene rings is 1. The number of rotatable bonds is 5. The Morgan fingerprint density at radius 1 is 1.12 bits per heavy atom. The molecule has 0 unspecified atom stereocenters. The number of nitrogens with zero attached hydrogens (tertiary/aromatic N) is 5. The van der Waals surface area contributed by atoms with Crippen LogP contribution in [0.25, 0.3) is 16.7 Å². The van der Waals surface area contributed by atoms with Crippen molar-refractivity contribution in [3.8, 4) is 17.2 Å². The number of hydrogen-bond donors (Lipinski definition) is 1. The van der Waals surface area contributed by atoms with Gasteiger partial charge >= 0.3 is 0 Å². The smallest absolute Gasteiger partial charge is 0.291 e. The highest BCUT2D eigenvalue weighted by Crippen LogP contribution is 2.40. The molecule has 0 atom stereocenters. The number of oxazole rings is 1. The number of piperidine rings is 1. The fraction of sp³-hybridized carbons (Fsp3) is 0.385. The Kier molecular flexibility index (Phi) is 5.63. The SMILES string of the molecule is BC1(B)Oc2ccc(-n3c(Cl)cc4c(=O)n(CC5(O)CCN(C(=O)c6cnc(C7CC7)o6)CC5)cnc43)cc2O1. The molecule has 1 saturated carbocycles. The molecule has 40 heavy (non-hydrogen) atoms. The lowest BCUT2D eigenvalue weighted by atomic mass is 9.76. The van der Waals surface area contributed by atoms with Crippen molar-refractivity contribution in [3.63, 3.8) is 0 Å². The van der Waals surface area contributed by atoms with Gasteiger partial charge in [-0.05, 0) is 43.9 Å². The van der Waals surface area contributed by atoms with E-state index in [1.807, 2.05) is 21.8 Å². The molecule has 3 aliphatic rings. The third-order valence-electron chi connectivity index (χ3n) is 7.74. The number of carbonyl (C=O) groups excluding carboxylic acids is 1. The van der Waals surface area contributed by atoms with Crippen molar-refractivity contribution in [1.82, 2.24) is 24.0 Å². The molecule has 0 radical (unpaired) electrons. The number of amides is 1. The average Bonchev–Trinajstić information content (AvgIpc) is 3.40. The van der Waals surface area contributed by atoms with E-state index in [1.165, 1.54) is 17.1 Å². The van der Waals surface area contributed by atoms with E-state index in [0.29, 0.717) is 71.1 Å². The van der Waals surface area contributed by atoms with E-state index in [-0.39, 0.29) is 23.8 Å². The minimum absolute atomic E-state index is 0.0485. The van der Waals surface area contributed by atoms with Crippen LogP contribution >= 0.6 is 11.6 Å². The molecule has 3 aromatic heterocycles. The minimum atomic E-state index is -1.17. The van der Waals surface area contributed by atoms with E-state index in [4.69, 9.17) is 25.5 Å². The van der Waals surface area contributed by atoms with Gasteiger partial charge in [-0.3, -0.25) is 18.7 Å². The number of aliphatic hydroxyl groups is 1.